The lowest BCUT2D eigenvalue weighted by Gasteiger charge is -2.08. The number of nitrogen functional groups attached to an aromatic ring is 1. The van der Waals surface area contributed by atoms with Crippen LogP contribution in [-0.2, 0) is 0 Å². The Morgan fingerprint density at radius 1 is 1.04 bits per heavy atom. The molecule has 0 unspecified atom stereocenters. The lowest BCUT2D eigenvalue weighted by atomic mass is 10.2. The zero-order valence-corrected chi connectivity index (χ0v) is 13.6. The van der Waals surface area contributed by atoms with E-state index in [9.17, 15) is 14.4 Å². The molecule has 3 heterocycles. The topological polar surface area (TPSA) is 175 Å². The Kier molecular flexibility index (Phi) is 3.73. The Hall–Kier alpha value is -4.28. The van der Waals surface area contributed by atoms with Gasteiger partial charge >= 0.3 is 5.69 Å². The Morgan fingerprint density at radius 2 is 1.81 bits per heavy atom. The molecule has 0 aliphatic heterocycles. The van der Waals surface area contributed by atoms with E-state index in [1.54, 1.807) is 30.3 Å². The summed E-state index contributed by atoms with van der Waals surface area (Å²) in [6, 6.07) is 8.46. The number of nitrogens with one attached hydrogen (secondary N) is 4. The van der Waals surface area contributed by atoms with Gasteiger partial charge in [-0.25, -0.2) is 14.8 Å². The van der Waals surface area contributed by atoms with Crippen molar-refractivity contribution in [3.8, 4) is 11.4 Å². The third-order valence-electron chi connectivity index (χ3n) is 3.72. The molecule has 0 aliphatic carbocycles. The minimum absolute atomic E-state index is 0.0762. The molecule has 134 valence electrons. The van der Waals surface area contributed by atoms with Gasteiger partial charge in [0.25, 0.3) is 11.5 Å². The summed E-state index contributed by atoms with van der Waals surface area (Å²) in [6.07, 6.45) is 1.23. The van der Waals surface area contributed by atoms with Gasteiger partial charge in [-0.15, -0.1) is 0 Å². The second-order valence-electron chi connectivity index (χ2n) is 5.53. The molecule has 11 heteroatoms. The SMILES string of the molecule is Nc1nc2nc(-c3cnc(=O)[nH]c3NC(=O)c3ccccc3)[nH]c2c(=O)[nH]1. The average molecular weight is 364 g/mol. The molecule has 1 amide bonds. The number of nitrogens with two attached hydrogens (primary N) is 1. The first kappa shape index (κ1) is 16.2. The second-order valence-corrected chi connectivity index (χ2v) is 5.53. The fourth-order valence-electron chi connectivity index (χ4n) is 2.50. The molecule has 6 N–H and O–H groups in total. The van der Waals surface area contributed by atoms with Crippen molar-refractivity contribution >= 4 is 28.8 Å². The van der Waals surface area contributed by atoms with Crippen LogP contribution in [0.4, 0.5) is 11.8 Å². The van der Waals surface area contributed by atoms with Crippen molar-refractivity contribution in [3.05, 3.63) is 62.9 Å². The Balaban J connectivity index is 1.80. The summed E-state index contributed by atoms with van der Waals surface area (Å²) >= 11 is 0. The van der Waals surface area contributed by atoms with Gasteiger partial charge in [-0.2, -0.15) is 4.98 Å². The number of hydrogen-bond acceptors (Lipinski definition) is 7. The lowest BCUT2D eigenvalue weighted by molar-refractivity contribution is 0.102. The van der Waals surface area contributed by atoms with E-state index in [-0.39, 0.29) is 34.3 Å². The number of benzene rings is 1. The average Bonchev–Trinajstić information content (AvgIpc) is 3.06. The number of carbonyl (C=O) groups is 1. The van der Waals surface area contributed by atoms with Gasteiger partial charge in [0, 0.05) is 11.8 Å². The number of aromatic nitrogens is 6. The minimum atomic E-state index is -0.654. The maximum absolute atomic E-state index is 12.4. The molecule has 0 fully saturated rings. The van der Waals surface area contributed by atoms with Gasteiger partial charge in [0.05, 0.1) is 5.56 Å². The Bertz CT molecular complexity index is 1270. The molecule has 0 saturated carbocycles. The van der Waals surface area contributed by atoms with Crippen molar-refractivity contribution in [2.75, 3.05) is 11.1 Å². The molecule has 0 atom stereocenters. The molecule has 0 saturated heterocycles. The van der Waals surface area contributed by atoms with E-state index in [2.05, 4.69) is 35.2 Å². The summed E-state index contributed by atoms with van der Waals surface area (Å²) in [6.45, 7) is 0. The molecular weight excluding hydrogens is 352 g/mol. The van der Waals surface area contributed by atoms with E-state index in [0.717, 1.165) is 0 Å². The van der Waals surface area contributed by atoms with Crippen molar-refractivity contribution < 1.29 is 4.79 Å². The van der Waals surface area contributed by atoms with Crippen LogP contribution < -0.4 is 22.3 Å². The summed E-state index contributed by atoms with van der Waals surface area (Å²) < 4.78 is 0. The quantitative estimate of drug-likeness (QED) is 0.345. The molecule has 3 aromatic heterocycles. The van der Waals surface area contributed by atoms with Gasteiger partial charge in [-0.05, 0) is 12.1 Å². The minimum Gasteiger partial charge on any atom is -0.369 e. The maximum Gasteiger partial charge on any atom is 0.346 e. The van der Waals surface area contributed by atoms with Crippen LogP contribution >= 0.6 is 0 Å². The third-order valence-corrected chi connectivity index (χ3v) is 3.72. The highest BCUT2D eigenvalue weighted by Gasteiger charge is 2.16. The number of fused-ring (bicyclic) bond motifs is 1. The third kappa shape index (κ3) is 3.04. The van der Waals surface area contributed by atoms with Crippen LogP contribution in [0.25, 0.3) is 22.6 Å². The molecule has 11 nitrogen and oxygen atoms in total. The van der Waals surface area contributed by atoms with Crippen LogP contribution in [0.2, 0.25) is 0 Å². The number of hydrogen-bond donors (Lipinski definition) is 5. The highest BCUT2D eigenvalue weighted by Crippen LogP contribution is 2.23. The van der Waals surface area contributed by atoms with Crippen LogP contribution in [0, 0.1) is 0 Å². The molecule has 4 aromatic rings. The van der Waals surface area contributed by atoms with Gasteiger partial charge < -0.3 is 16.0 Å². The molecular formula is C16H12N8O3. The fourth-order valence-corrected chi connectivity index (χ4v) is 2.50. The maximum atomic E-state index is 12.4. The van der Waals surface area contributed by atoms with E-state index in [1.807, 2.05) is 0 Å². The van der Waals surface area contributed by atoms with Gasteiger partial charge in [0.1, 0.15) is 11.6 Å². The number of imidazole rings is 1. The number of aromatic amines is 3. The summed E-state index contributed by atoms with van der Waals surface area (Å²) in [5, 5.41) is 2.61. The van der Waals surface area contributed by atoms with Gasteiger partial charge in [-0.3, -0.25) is 19.6 Å². The van der Waals surface area contributed by atoms with Crippen molar-refractivity contribution in [3.63, 3.8) is 0 Å². The summed E-state index contributed by atoms with van der Waals surface area (Å²) in [5.74, 6) is -0.259. The first-order valence-corrected chi connectivity index (χ1v) is 7.73. The monoisotopic (exact) mass is 364 g/mol. The van der Waals surface area contributed by atoms with Crippen LogP contribution in [0.5, 0.6) is 0 Å². The van der Waals surface area contributed by atoms with Crippen molar-refractivity contribution in [1.29, 1.82) is 0 Å². The molecule has 0 aliphatic rings. The highest BCUT2D eigenvalue weighted by molar-refractivity contribution is 6.05. The molecule has 27 heavy (non-hydrogen) atoms. The van der Waals surface area contributed by atoms with Crippen LogP contribution in [0.3, 0.4) is 0 Å². The summed E-state index contributed by atoms with van der Waals surface area (Å²) in [4.78, 5) is 55.4. The number of carbonyl (C=O) groups excluding carboxylic acids is 1. The predicted octanol–water partition coefficient (Wildman–Crippen LogP) is 0.231. The smallest absolute Gasteiger partial charge is 0.346 e. The van der Waals surface area contributed by atoms with Crippen LogP contribution in [0.15, 0.2) is 46.1 Å². The summed E-state index contributed by atoms with van der Waals surface area (Å²) in [7, 11) is 0. The van der Waals surface area contributed by atoms with Gasteiger partial charge in [-0.1, -0.05) is 18.2 Å². The van der Waals surface area contributed by atoms with Gasteiger partial charge in [0.15, 0.2) is 11.2 Å². The van der Waals surface area contributed by atoms with Gasteiger partial charge in [0.2, 0.25) is 5.95 Å². The molecule has 1 aromatic carbocycles. The first-order valence-electron chi connectivity index (χ1n) is 7.73. The van der Waals surface area contributed by atoms with Crippen molar-refractivity contribution in [1.82, 2.24) is 29.9 Å². The zero-order valence-electron chi connectivity index (χ0n) is 13.6. The lowest BCUT2D eigenvalue weighted by Crippen LogP contribution is -2.19. The fraction of sp³-hybridized carbons (Fsp3) is 0. The van der Waals surface area contributed by atoms with Crippen molar-refractivity contribution in [2.24, 2.45) is 0 Å². The number of nitrogens with zero attached hydrogens (tertiary/aromatic N) is 3. The summed E-state index contributed by atoms with van der Waals surface area (Å²) in [5.41, 5.74) is 5.23. The Morgan fingerprint density at radius 3 is 2.59 bits per heavy atom. The highest BCUT2D eigenvalue weighted by atomic mass is 16.2. The number of H-pyrrole nitrogens is 3. The van der Waals surface area contributed by atoms with E-state index >= 15 is 0 Å². The first-order chi connectivity index (χ1) is 13.0. The largest absolute Gasteiger partial charge is 0.369 e. The normalized spacial score (nSPS) is 10.8. The van der Waals surface area contributed by atoms with E-state index in [1.165, 1.54) is 6.20 Å². The number of amides is 1. The van der Waals surface area contributed by atoms with E-state index in [0.29, 0.717) is 5.56 Å². The second kappa shape index (κ2) is 6.22. The standard InChI is InChI=1S/C16H12N8O3/c17-15-22-12-9(14(26)24-15)19-10(20-12)8-6-18-16(27)23-11(8)21-13(25)7-4-2-1-3-5-7/h1-6H,(H2,18,21,23,25,27)(H4,17,19,20,22,24,26). The zero-order chi connectivity index (χ0) is 19.0. The Labute approximate surface area is 149 Å². The van der Waals surface area contributed by atoms with Crippen LogP contribution in [0.1, 0.15) is 10.4 Å². The molecule has 4 rings (SSSR count). The van der Waals surface area contributed by atoms with Crippen LogP contribution in [-0.4, -0.2) is 35.8 Å². The van der Waals surface area contributed by atoms with E-state index in [4.69, 9.17) is 5.73 Å². The molecule has 0 bridgehead atoms. The van der Waals surface area contributed by atoms with Crippen molar-refractivity contribution in [2.45, 2.75) is 0 Å². The predicted molar refractivity (Wildman–Crippen MR) is 97.2 cm³/mol. The molecule has 0 spiro atoms. The molecule has 0 radical (unpaired) electrons. The number of anilines is 2. The van der Waals surface area contributed by atoms with E-state index < -0.39 is 17.2 Å². The number of rotatable bonds is 3.